The summed E-state index contributed by atoms with van der Waals surface area (Å²) in [5.74, 6) is 1.33. The first kappa shape index (κ1) is 17.9. The topological polar surface area (TPSA) is 66.8 Å². The van der Waals surface area contributed by atoms with Gasteiger partial charge < -0.3 is 14.7 Å². The lowest BCUT2D eigenvalue weighted by atomic mass is 9.87. The Kier molecular flexibility index (Phi) is 4.61. The molecule has 0 spiro atoms. The van der Waals surface area contributed by atoms with Gasteiger partial charge in [-0.1, -0.05) is 28.1 Å². The number of halogens is 1. The number of ether oxygens (including phenoxy) is 1. The third-order valence-corrected chi connectivity index (χ3v) is 5.64. The number of aliphatic hydroxyl groups is 1. The predicted octanol–water partition coefficient (Wildman–Crippen LogP) is 3.89. The number of fused-ring (bicyclic) bond motifs is 1. The van der Waals surface area contributed by atoms with Crippen molar-refractivity contribution in [2.45, 2.75) is 12.8 Å². The second kappa shape index (κ2) is 6.94. The molecule has 2 aromatic carbocycles. The predicted molar refractivity (Wildman–Crippen MR) is 107 cm³/mol. The van der Waals surface area contributed by atoms with Gasteiger partial charge in [-0.2, -0.15) is 0 Å². The molecular formula is C21H18BrNO4. The van der Waals surface area contributed by atoms with E-state index in [1.807, 2.05) is 12.1 Å². The van der Waals surface area contributed by atoms with Crippen LogP contribution < -0.4 is 4.74 Å². The largest absolute Gasteiger partial charge is 0.460 e. The average molecular weight is 428 g/mol. The van der Waals surface area contributed by atoms with Gasteiger partial charge in [0.05, 0.1) is 6.61 Å². The molecule has 27 heavy (non-hydrogen) atoms. The zero-order valence-electron chi connectivity index (χ0n) is 14.8. The Bertz CT molecular complexity index is 1040. The summed E-state index contributed by atoms with van der Waals surface area (Å²) in [7, 11) is 1.63. The number of aliphatic hydroxyl groups excluding tert-OH is 1. The molecule has 0 aromatic heterocycles. The average Bonchev–Trinajstić information content (AvgIpc) is 2.68. The van der Waals surface area contributed by atoms with E-state index in [4.69, 9.17) is 9.84 Å². The summed E-state index contributed by atoms with van der Waals surface area (Å²) in [6, 6.07) is 7.16. The second-order valence-electron chi connectivity index (χ2n) is 6.66. The number of carbonyl (C=O) groups is 2. The monoisotopic (exact) mass is 427 g/mol. The summed E-state index contributed by atoms with van der Waals surface area (Å²) in [6.45, 7) is 0.0991. The number of hydrogen-bond acceptors (Lipinski definition) is 4. The van der Waals surface area contributed by atoms with Gasteiger partial charge in [0, 0.05) is 47.5 Å². The second-order valence-corrected chi connectivity index (χ2v) is 7.68. The van der Waals surface area contributed by atoms with Crippen molar-refractivity contribution in [3.05, 3.63) is 57.3 Å². The van der Waals surface area contributed by atoms with Crippen LogP contribution in [0.1, 0.15) is 39.1 Å². The summed E-state index contributed by atoms with van der Waals surface area (Å²) in [5, 5.41) is 10.5. The molecule has 0 saturated carbocycles. The van der Waals surface area contributed by atoms with Crippen molar-refractivity contribution in [2.75, 3.05) is 20.2 Å². The van der Waals surface area contributed by atoms with E-state index in [9.17, 15) is 9.59 Å². The summed E-state index contributed by atoms with van der Waals surface area (Å²) in [5.41, 5.74) is 2.82. The minimum atomic E-state index is -0.240. The maximum absolute atomic E-state index is 12.9. The van der Waals surface area contributed by atoms with Crippen molar-refractivity contribution < 1.29 is 19.4 Å². The lowest BCUT2D eigenvalue weighted by Crippen LogP contribution is -2.29. The highest BCUT2D eigenvalue weighted by Gasteiger charge is 2.28. The van der Waals surface area contributed by atoms with Gasteiger partial charge in [-0.15, -0.1) is 0 Å². The van der Waals surface area contributed by atoms with E-state index in [1.165, 1.54) is 4.90 Å². The molecule has 6 heteroatoms. The van der Waals surface area contributed by atoms with Gasteiger partial charge in [-0.05, 0) is 34.7 Å². The Morgan fingerprint density at radius 2 is 2.07 bits per heavy atom. The van der Waals surface area contributed by atoms with E-state index >= 15 is 0 Å². The van der Waals surface area contributed by atoms with Gasteiger partial charge in [0.15, 0.2) is 6.29 Å². The van der Waals surface area contributed by atoms with Crippen molar-refractivity contribution >= 4 is 44.5 Å². The maximum Gasteiger partial charge on any atom is 0.254 e. The van der Waals surface area contributed by atoms with E-state index in [0.29, 0.717) is 22.3 Å². The first-order valence-corrected chi connectivity index (χ1v) is 9.53. The van der Waals surface area contributed by atoms with Crippen LogP contribution in [0.5, 0.6) is 5.75 Å². The first-order valence-electron chi connectivity index (χ1n) is 8.73. The van der Waals surface area contributed by atoms with Crippen LogP contribution in [0.3, 0.4) is 0 Å². The van der Waals surface area contributed by atoms with Crippen LogP contribution in [-0.2, 0) is 0 Å². The molecule has 1 amide bonds. The van der Waals surface area contributed by atoms with E-state index in [1.54, 1.807) is 25.2 Å². The molecule has 1 N–H and O–H groups in total. The molecule has 0 saturated heterocycles. The van der Waals surface area contributed by atoms with Gasteiger partial charge in [-0.3, -0.25) is 9.59 Å². The van der Waals surface area contributed by atoms with Crippen molar-refractivity contribution in [3.8, 4) is 5.75 Å². The van der Waals surface area contributed by atoms with Crippen molar-refractivity contribution in [1.82, 2.24) is 4.90 Å². The van der Waals surface area contributed by atoms with Gasteiger partial charge in [0.25, 0.3) is 5.91 Å². The lowest BCUT2D eigenvalue weighted by Gasteiger charge is -2.27. The third kappa shape index (κ3) is 2.89. The lowest BCUT2D eigenvalue weighted by molar-refractivity contribution is 0.0769. The number of carbonyl (C=O) groups excluding carboxylic acids is 2. The Labute approximate surface area is 165 Å². The van der Waals surface area contributed by atoms with Gasteiger partial charge in [0.1, 0.15) is 11.5 Å². The standard InChI is InChI=1S/C21H18BrNO4/c1-23(8-9-24)21(26)15-5-7-18-20-14(4-2-12(11-25)19(15)20)16-10-13(22)3-6-17(16)27-18/h2,4-5,7,10-11,24H,3,6,8-9H2,1H3. The highest BCUT2D eigenvalue weighted by molar-refractivity contribution is 9.11. The van der Waals surface area contributed by atoms with Crippen LogP contribution in [0, 0.1) is 0 Å². The number of aldehydes is 1. The van der Waals surface area contributed by atoms with E-state index in [2.05, 4.69) is 15.9 Å². The zero-order chi connectivity index (χ0) is 19.1. The minimum absolute atomic E-state index is 0.123. The molecule has 0 fully saturated rings. The molecule has 0 unspecified atom stereocenters. The molecule has 138 valence electrons. The molecule has 2 aliphatic rings. The number of likely N-dealkylation sites (N-methyl/N-ethyl adjacent to an activating group) is 1. The highest BCUT2D eigenvalue weighted by Crippen LogP contribution is 2.46. The van der Waals surface area contributed by atoms with Gasteiger partial charge >= 0.3 is 0 Å². The molecule has 1 heterocycles. The minimum Gasteiger partial charge on any atom is -0.460 e. The van der Waals surface area contributed by atoms with Crippen LogP contribution in [0.25, 0.3) is 16.3 Å². The van der Waals surface area contributed by atoms with E-state index in [0.717, 1.165) is 45.9 Å². The van der Waals surface area contributed by atoms with Crippen molar-refractivity contribution in [3.63, 3.8) is 0 Å². The Hall–Kier alpha value is -2.44. The van der Waals surface area contributed by atoms with Gasteiger partial charge in [0.2, 0.25) is 0 Å². The molecule has 5 nitrogen and oxygen atoms in total. The summed E-state index contributed by atoms with van der Waals surface area (Å²) < 4.78 is 7.23. The van der Waals surface area contributed by atoms with Crippen LogP contribution in [0.4, 0.5) is 0 Å². The van der Waals surface area contributed by atoms with Crippen molar-refractivity contribution in [2.24, 2.45) is 0 Å². The Balaban J connectivity index is 2.00. The maximum atomic E-state index is 12.9. The normalized spacial score (nSPS) is 15.1. The van der Waals surface area contributed by atoms with Gasteiger partial charge in [-0.25, -0.2) is 0 Å². The number of allylic oxidation sites excluding steroid dienone is 4. The number of rotatable bonds is 4. The molecular weight excluding hydrogens is 410 g/mol. The number of hydrogen-bond donors (Lipinski definition) is 1. The molecule has 0 radical (unpaired) electrons. The summed E-state index contributed by atoms with van der Waals surface area (Å²) >= 11 is 3.57. The SMILES string of the molecule is CN(CCO)C(=O)c1ccc2c3c(ccc(C=O)c13)C1=C(CCC(Br)=C1)O2. The van der Waals surface area contributed by atoms with Crippen LogP contribution in [0.15, 0.2) is 40.6 Å². The smallest absolute Gasteiger partial charge is 0.254 e. The fourth-order valence-corrected chi connectivity index (χ4v) is 4.10. The van der Waals surface area contributed by atoms with Crippen LogP contribution in [0.2, 0.25) is 0 Å². The molecule has 1 aliphatic carbocycles. The highest BCUT2D eigenvalue weighted by atomic mass is 79.9. The molecule has 0 atom stereocenters. The molecule has 0 bridgehead atoms. The Morgan fingerprint density at radius 3 is 2.81 bits per heavy atom. The summed E-state index contributed by atoms with van der Waals surface area (Å²) in [6.07, 6.45) is 4.49. The van der Waals surface area contributed by atoms with Crippen molar-refractivity contribution in [1.29, 1.82) is 0 Å². The summed E-state index contributed by atoms with van der Waals surface area (Å²) in [4.78, 5) is 26.1. The quantitative estimate of drug-likeness (QED) is 0.751. The van der Waals surface area contributed by atoms with Crippen LogP contribution >= 0.6 is 15.9 Å². The van der Waals surface area contributed by atoms with E-state index in [-0.39, 0.29) is 19.1 Å². The molecule has 4 rings (SSSR count). The first-order chi connectivity index (χ1) is 13.0. The number of amides is 1. The third-order valence-electron chi connectivity index (χ3n) is 5.01. The number of nitrogens with zero attached hydrogens (tertiary/aromatic N) is 1. The van der Waals surface area contributed by atoms with E-state index < -0.39 is 0 Å². The zero-order valence-corrected chi connectivity index (χ0v) is 16.4. The molecule has 2 aromatic rings. The fourth-order valence-electron chi connectivity index (χ4n) is 3.68. The number of benzene rings is 2. The van der Waals surface area contributed by atoms with Crippen LogP contribution in [-0.4, -0.2) is 42.4 Å². The molecule has 1 aliphatic heterocycles. The fraction of sp³-hybridized carbons (Fsp3) is 0.238. The Morgan fingerprint density at radius 1 is 1.26 bits per heavy atom.